The molecule has 0 spiro atoms. The fraction of sp³-hybridized carbons (Fsp3) is 0.278. The van der Waals surface area contributed by atoms with Crippen LogP contribution in [0.5, 0.6) is 0 Å². The van der Waals surface area contributed by atoms with E-state index in [1.165, 1.54) is 7.11 Å². The van der Waals surface area contributed by atoms with Gasteiger partial charge in [0.2, 0.25) is 0 Å². The Balaban J connectivity index is 1.77. The predicted octanol–water partition coefficient (Wildman–Crippen LogP) is 2.08. The molecule has 6 heteroatoms. The van der Waals surface area contributed by atoms with Gasteiger partial charge in [0.15, 0.2) is 12.4 Å². The second kappa shape index (κ2) is 8.67. The van der Waals surface area contributed by atoms with Crippen molar-refractivity contribution in [2.45, 2.75) is 26.1 Å². The van der Waals surface area contributed by atoms with Gasteiger partial charge in [-0.3, -0.25) is 0 Å². The standard InChI is InChI=1S/C18H20N2O4/c1-14(12-15-6-4-3-5-7-15)19-18(22)24-13-20-10-8-16(9-11-20)17(21)23-2/h3-11,14H,12-13H2,1-2H3/p+1/t14-/m0/s1. The summed E-state index contributed by atoms with van der Waals surface area (Å²) in [7, 11) is 1.33. The molecule has 0 saturated carbocycles. The molecule has 24 heavy (non-hydrogen) atoms. The summed E-state index contributed by atoms with van der Waals surface area (Å²) in [4.78, 5) is 23.2. The number of alkyl carbamates (subject to hydrolysis) is 1. The Morgan fingerprint density at radius 2 is 1.79 bits per heavy atom. The Bertz CT molecular complexity index is 671. The van der Waals surface area contributed by atoms with Crippen molar-refractivity contribution in [1.29, 1.82) is 0 Å². The largest absolute Gasteiger partial charge is 0.465 e. The Hall–Kier alpha value is -2.89. The Morgan fingerprint density at radius 3 is 2.42 bits per heavy atom. The first kappa shape index (κ1) is 17.5. The van der Waals surface area contributed by atoms with Gasteiger partial charge in [0.25, 0.3) is 6.73 Å². The molecule has 0 bridgehead atoms. The fourth-order valence-electron chi connectivity index (χ4n) is 2.19. The van der Waals surface area contributed by atoms with E-state index in [1.807, 2.05) is 37.3 Å². The third-order valence-corrected chi connectivity index (χ3v) is 3.41. The van der Waals surface area contributed by atoms with Crippen LogP contribution in [-0.4, -0.2) is 25.2 Å². The molecule has 0 aliphatic rings. The van der Waals surface area contributed by atoms with Gasteiger partial charge in [-0.15, -0.1) is 0 Å². The summed E-state index contributed by atoms with van der Waals surface area (Å²) >= 11 is 0. The van der Waals surface area contributed by atoms with Crippen molar-refractivity contribution in [3.05, 3.63) is 66.0 Å². The van der Waals surface area contributed by atoms with E-state index in [2.05, 4.69) is 10.1 Å². The summed E-state index contributed by atoms with van der Waals surface area (Å²) in [5.74, 6) is -0.407. The number of nitrogens with zero attached hydrogens (tertiary/aromatic N) is 1. The molecule has 0 fully saturated rings. The lowest BCUT2D eigenvalue weighted by Crippen LogP contribution is -2.40. The average molecular weight is 329 g/mol. The molecule has 1 atom stereocenters. The van der Waals surface area contributed by atoms with Crippen molar-refractivity contribution in [3.8, 4) is 0 Å². The molecule has 1 aromatic heterocycles. The van der Waals surface area contributed by atoms with Gasteiger partial charge >= 0.3 is 12.1 Å². The molecular weight excluding hydrogens is 308 g/mol. The molecule has 0 saturated heterocycles. The van der Waals surface area contributed by atoms with Gasteiger partial charge in [0.05, 0.1) is 12.7 Å². The predicted molar refractivity (Wildman–Crippen MR) is 87.2 cm³/mol. The summed E-state index contributed by atoms with van der Waals surface area (Å²) in [6.45, 7) is 1.98. The number of pyridine rings is 1. The van der Waals surface area contributed by atoms with Crippen LogP contribution in [0.25, 0.3) is 0 Å². The smallest absolute Gasteiger partial charge is 0.412 e. The molecular formula is C18H21N2O4+. The van der Waals surface area contributed by atoms with E-state index in [0.29, 0.717) is 5.56 Å². The maximum absolute atomic E-state index is 11.8. The average Bonchev–Trinajstić information content (AvgIpc) is 2.60. The minimum absolute atomic E-state index is 0.0356. The maximum Gasteiger partial charge on any atom is 0.412 e. The number of amides is 1. The topological polar surface area (TPSA) is 68.5 Å². The zero-order chi connectivity index (χ0) is 17.4. The van der Waals surface area contributed by atoms with Gasteiger partial charge in [-0.1, -0.05) is 30.3 Å². The third kappa shape index (κ3) is 5.39. The van der Waals surface area contributed by atoms with Crippen LogP contribution in [0.4, 0.5) is 4.79 Å². The zero-order valence-electron chi connectivity index (χ0n) is 13.8. The normalized spacial score (nSPS) is 11.4. The zero-order valence-corrected chi connectivity index (χ0v) is 13.8. The number of hydrogen-bond donors (Lipinski definition) is 1. The first-order valence-corrected chi connectivity index (χ1v) is 7.63. The van der Waals surface area contributed by atoms with Crippen molar-refractivity contribution in [2.24, 2.45) is 0 Å². The highest BCUT2D eigenvalue weighted by atomic mass is 16.6. The van der Waals surface area contributed by atoms with Crippen molar-refractivity contribution in [2.75, 3.05) is 7.11 Å². The number of esters is 1. The van der Waals surface area contributed by atoms with Gasteiger partial charge in [-0.2, -0.15) is 4.57 Å². The fourth-order valence-corrected chi connectivity index (χ4v) is 2.19. The molecule has 6 nitrogen and oxygen atoms in total. The van der Waals surface area contributed by atoms with E-state index < -0.39 is 12.1 Å². The summed E-state index contributed by atoms with van der Waals surface area (Å²) in [6, 6.07) is 13.1. The molecule has 0 radical (unpaired) electrons. The molecule has 0 aliphatic heterocycles. The van der Waals surface area contributed by atoms with Crippen LogP contribution < -0.4 is 9.88 Å². The number of rotatable bonds is 6. The SMILES string of the molecule is COC(=O)c1cc[n+](COC(=O)N[C@@H](C)Cc2ccccc2)cc1. The van der Waals surface area contributed by atoms with E-state index in [-0.39, 0.29) is 12.8 Å². The first-order chi connectivity index (χ1) is 11.6. The van der Waals surface area contributed by atoms with Crippen molar-refractivity contribution in [1.82, 2.24) is 5.32 Å². The summed E-state index contributed by atoms with van der Waals surface area (Å²) in [5.41, 5.74) is 1.59. The van der Waals surface area contributed by atoms with Gasteiger partial charge in [0, 0.05) is 18.2 Å². The lowest BCUT2D eigenvalue weighted by atomic mass is 10.1. The lowest BCUT2D eigenvalue weighted by Gasteiger charge is -2.13. The number of ether oxygens (including phenoxy) is 2. The minimum atomic E-state index is -0.483. The monoisotopic (exact) mass is 329 g/mol. The van der Waals surface area contributed by atoms with Crippen LogP contribution in [0.1, 0.15) is 22.8 Å². The van der Waals surface area contributed by atoms with E-state index in [4.69, 9.17) is 4.74 Å². The highest BCUT2D eigenvalue weighted by molar-refractivity contribution is 5.88. The molecule has 1 aromatic carbocycles. The van der Waals surface area contributed by atoms with E-state index in [0.717, 1.165) is 12.0 Å². The number of carbonyl (C=O) groups is 2. The highest BCUT2D eigenvalue weighted by Gasteiger charge is 2.12. The molecule has 126 valence electrons. The summed E-state index contributed by atoms with van der Waals surface area (Å²) in [6.07, 6.45) is 3.54. The Labute approximate surface area is 141 Å². The van der Waals surface area contributed by atoms with Crippen LogP contribution in [0.3, 0.4) is 0 Å². The van der Waals surface area contributed by atoms with Gasteiger partial charge in [-0.25, -0.2) is 9.59 Å². The highest BCUT2D eigenvalue weighted by Crippen LogP contribution is 2.03. The quantitative estimate of drug-likeness (QED) is 0.651. The molecule has 1 amide bonds. The van der Waals surface area contributed by atoms with Crippen LogP contribution in [0, 0.1) is 0 Å². The number of methoxy groups -OCH3 is 1. The second-order valence-electron chi connectivity index (χ2n) is 5.39. The van der Waals surface area contributed by atoms with Gasteiger partial charge < -0.3 is 14.8 Å². The van der Waals surface area contributed by atoms with Crippen LogP contribution in [0.2, 0.25) is 0 Å². The van der Waals surface area contributed by atoms with E-state index in [9.17, 15) is 9.59 Å². The lowest BCUT2D eigenvalue weighted by molar-refractivity contribution is -0.727. The summed E-state index contributed by atoms with van der Waals surface area (Å²) in [5, 5.41) is 2.79. The van der Waals surface area contributed by atoms with Gasteiger partial charge in [-0.05, 0) is 18.9 Å². The van der Waals surface area contributed by atoms with E-state index >= 15 is 0 Å². The first-order valence-electron chi connectivity index (χ1n) is 7.63. The number of aromatic nitrogens is 1. The number of nitrogens with one attached hydrogen (secondary N) is 1. The van der Waals surface area contributed by atoms with Crippen molar-refractivity contribution < 1.29 is 23.6 Å². The van der Waals surface area contributed by atoms with Crippen LogP contribution in [-0.2, 0) is 22.6 Å². The minimum Gasteiger partial charge on any atom is -0.465 e. The Morgan fingerprint density at radius 1 is 1.12 bits per heavy atom. The number of benzene rings is 1. The maximum atomic E-state index is 11.8. The molecule has 1 heterocycles. The van der Waals surface area contributed by atoms with Gasteiger partial charge in [0.1, 0.15) is 0 Å². The van der Waals surface area contributed by atoms with Crippen molar-refractivity contribution >= 4 is 12.1 Å². The number of hydrogen-bond acceptors (Lipinski definition) is 4. The molecule has 0 aliphatic carbocycles. The van der Waals surface area contributed by atoms with Crippen LogP contribution in [0.15, 0.2) is 54.9 Å². The molecule has 2 rings (SSSR count). The Kier molecular flexibility index (Phi) is 6.31. The third-order valence-electron chi connectivity index (χ3n) is 3.41. The van der Waals surface area contributed by atoms with Crippen molar-refractivity contribution in [3.63, 3.8) is 0 Å². The summed E-state index contributed by atoms with van der Waals surface area (Å²) < 4.78 is 11.4. The van der Waals surface area contributed by atoms with Crippen LogP contribution >= 0.6 is 0 Å². The molecule has 0 unspecified atom stereocenters. The molecule has 2 aromatic rings. The molecule has 1 N–H and O–H groups in total. The van der Waals surface area contributed by atoms with E-state index in [1.54, 1.807) is 29.1 Å². The number of carbonyl (C=O) groups excluding carboxylic acids is 2. The second-order valence-corrected chi connectivity index (χ2v) is 5.39.